The molecule has 0 spiro atoms. The predicted molar refractivity (Wildman–Crippen MR) is 95.9 cm³/mol. The number of carbonyl (C=O) groups excluding carboxylic acids is 1. The van der Waals surface area contributed by atoms with Gasteiger partial charge in [-0.1, -0.05) is 30.3 Å². The first-order valence-corrected chi connectivity index (χ1v) is 7.90. The lowest BCUT2D eigenvalue weighted by atomic mass is 10.1. The second-order valence-electron chi connectivity index (χ2n) is 5.68. The highest BCUT2D eigenvalue weighted by Gasteiger charge is 2.11. The largest absolute Gasteiger partial charge is 0.480 e. The molecule has 0 fully saturated rings. The van der Waals surface area contributed by atoms with Crippen LogP contribution in [0.3, 0.4) is 0 Å². The third-order valence-electron chi connectivity index (χ3n) is 3.93. The Balaban J connectivity index is 1.90. The average Bonchev–Trinajstić information content (AvgIpc) is 3.02. The SMILES string of the molecule is Cc1ccc(-c2ccccc2)n1-c1ccc(C(=O)NCC(=O)O)cc1. The van der Waals surface area contributed by atoms with Gasteiger partial charge < -0.3 is 15.0 Å². The Labute approximate surface area is 145 Å². The van der Waals surface area contributed by atoms with E-state index in [0.29, 0.717) is 5.56 Å². The fourth-order valence-corrected chi connectivity index (χ4v) is 2.74. The van der Waals surface area contributed by atoms with Gasteiger partial charge in [0.15, 0.2) is 0 Å². The second-order valence-corrected chi connectivity index (χ2v) is 5.68. The van der Waals surface area contributed by atoms with Gasteiger partial charge in [0.2, 0.25) is 0 Å². The summed E-state index contributed by atoms with van der Waals surface area (Å²) in [6.45, 7) is 1.63. The van der Waals surface area contributed by atoms with Crippen LogP contribution in [0.2, 0.25) is 0 Å². The number of benzene rings is 2. The van der Waals surface area contributed by atoms with Crippen LogP contribution in [-0.2, 0) is 4.79 Å². The van der Waals surface area contributed by atoms with Crippen LogP contribution in [0.25, 0.3) is 16.9 Å². The van der Waals surface area contributed by atoms with Crippen molar-refractivity contribution in [1.82, 2.24) is 9.88 Å². The Morgan fingerprint density at radius 1 is 0.960 bits per heavy atom. The van der Waals surface area contributed by atoms with Gasteiger partial charge in [-0.05, 0) is 48.9 Å². The molecule has 0 bridgehead atoms. The molecule has 1 heterocycles. The summed E-state index contributed by atoms with van der Waals surface area (Å²) in [5.41, 5.74) is 4.63. The zero-order valence-electron chi connectivity index (χ0n) is 13.8. The first kappa shape index (κ1) is 16.5. The van der Waals surface area contributed by atoms with Crippen molar-refractivity contribution in [1.29, 1.82) is 0 Å². The normalized spacial score (nSPS) is 10.4. The van der Waals surface area contributed by atoms with Crippen LogP contribution in [0.4, 0.5) is 0 Å². The molecular formula is C20H18N2O3. The molecule has 0 aliphatic carbocycles. The zero-order valence-corrected chi connectivity index (χ0v) is 13.8. The molecule has 5 heteroatoms. The lowest BCUT2D eigenvalue weighted by molar-refractivity contribution is -0.135. The van der Waals surface area contributed by atoms with Crippen molar-refractivity contribution >= 4 is 11.9 Å². The molecule has 0 saturated carbocycles. The van der Waals surface area contributed by atoms with E-state index in [1.54, 1.807) is 12.1 Å². The number of carbonyl (C=O) groups is 2. The Kier molecular flexibility index (Phi) is 4.66. The highest BCUT2D eigenvalue weighted by Crippen LogP contribution is 2.26. The number of hydrogen-bond acceptors (Lipinski definition) is 2. The standard InChI is InChI=1S/C20H18N2O3/c1-14-7-12-18(15-5-3-2-4-6-15)22(14)17-10-8-16(9-11-17)20(25)21-13-19(23)24/h2-12H,13H2,1H3,(H,21,25)(H,23,24). The van der Waals surface area contributed by atoms with Crippen LogP contribution < -0.4 is 5.32 Å². The highest BCUT2D eigenvalue weighted by atomic mass is 16.4. The van der Waals surface area contributed by atoms with Crippen LogP contribution >= 0.6 is 0 Å². The minimum absolute atomic E-state index is 0.393. The molecule has 126 valence electrons. The van der Waals surface area contributed by atoms with E-state index in [4.69, 9.17) is 5.11 Å². The summed E-state index contributed by atoms with van der Waals surface area (Å²) in [7, 11) is 0. The summed E-state index contributed by atoms with van der Waals surface area (Å²) in [6.07, 6.45) is 0. The second kappa shape index (κ2) is 7.05. The minimum Gasteiger partial charge on any atom is -0.480 e. The van der Waals surface area contributed by atoms with Crippen molar-refractivity contribution in [2.45, 2.75) is 6.92 Å². The maximum Gasteiger partial charge on any atom is 0.322 e. The van der Waals surface area contributed by atoms with Gasteiger partial charge in [-0.3, -0.25) is 9.59 Å². The Morgan fingerprint density at radius 3 is 2.28 bits per heavy atom. The summed E-state index contributed by atoms with van der Waals surface area (Å²) in [4.78, 5) is 22.5. The number of amides is 1. The van der Waals surface area contributed by atoms with E-state index in [2.05, 4.69) is 34.1 Å². The summed E-state index contributed by atoms with van der Waals surface area (Å²) in [5.74, 6) is -1.47. The highest BCUT2D eigenvalue weighted by molar-refractivity contribution is 5.95. The van der Waals surface area contributed by atoms with Crippen molar-refractivity contribution in [2.24, 2.45) is 0 Å². The predicted octanol–water partition coefficient (Wildman–Crippen LogP) is 3.27. The minimum atomic E-state index is -1.07. The number of nitrogens with one attached hydrogen (secondary N) is 1. The molecule has 0 aliphatic rings. The van der Waals surface area contributed by atoms with Crippen LogP contribution in [0, 0.1) is 6.92 Å². The van der Waals surface area contributed by atoms with E-state index in [1.807, 2.05) is 37.3 Å². The van der Waals surface area contributed by atoms with Crippen molar-refractivity contribution < 1.29 is 14.7 Å². The number of aryl methyl sites for hydroxylation is 1. The number of carboxylic acid groups (broad SMARTS) is 1. The maximum absolute atomic E-state index is 11.9. The topological polar surface area (TPSA) is 71.3 Å². The van der Waals surface area contributed by atoms with E-state index in [-0.39, 0.29) is 0 Å². The van der Waals surface area contributed by atoms with E-state index in [0.717, 1.165) is 22.6 Å². The molecule has 0 radical (unpaired) electrons. The summed E-state index contributed by atoms with van der Waals surface area (Å²) in [6, 6.07) is 21.3. The molecule has 2 N–H and O–H groups in total. The van der Waals surface area contributed by atoms with Crippen LogP contribution in [-0.4, -0.2) is 28.1 Å². The Bertz CT molecular complexity index is 896. The number of rotatable bonds is 5. The Morgan fingerprint density at radius 2 is 1.64 bits per heavy atom. The molecule has 25 heavy (non-hydrogen) atoms. The van der Waals surface area contributed by atoms with Gasteiger partial charge in [-0.2, -0.15) is 0 Å². The van der Waals surface area contributed by atoms with E-state index in [9.17, 15) is 9.59 Å². The molecule has 0 atom stereocenters. The van der Waals surface area contributed by atoms with Crippen molar-refractivity contribution in [3.05, 3.63) is 78.0 Å². The first-order chi connectivity index (χ1) is 12.1. The lowest BCUT2D eigenvalue weighted by Crippen LogP contribution is -2.29. The average molecular weight is 334 g/mol. The molecule has 1 amide bonds. The van der Waals surface area contributed by atoms with E-state index >= 15 is 0 Å². The third kappa shape index (κ3) is 3.61. The van der Waals surface area contributed by atoms with Gasteiger partial charge in [-0.25, -0.2) is 0 Å². The van der Waals surface area contributed by atoms with Crippen molar-refractivity contribution in [2.75, 3.05) is 6.54 Å². The maximum atomic E-state index is 11.9. The van der Waals surface area contributed by atoms with Crippen LogP contribution in [0.5, 0.6) is 0 Å². The van der Waals surface area contributed by atoms with Gasteiger partial charge >= 0.3 is 5.97 Å². The van der Waals surface area contributed by atoms with Gasteiger partial charge in [0.05, 0.1) is 5.69 Å². The molecule has 0 unspecified atom stereocenters. The zero-order chi connectivity index (χ0) is 17.8. The van der Waals surface area contributed by atoms with Gasteiger partial charge in [0.1, 0.15) is 6.54 Å². The van der Waals surface area contributed by atoms with Gasteiger partial charge in [0.25, 0.3) is 5.91 Å². The molecule has 5 nitrogen and oxygen atoms in total. The van der Waals surface area contributed by atoms with Crippen molar-refractivity contribution in [3.8, 4) is 16.9 Å². The smallest absolute Gasteiger partial charge is 0.322 e. The monoisotopic (exact) mass is 334 g/mol. The molecule has 1 aromatic heterocycles. The summed E-state index contributed by atoms with van der Waals surface area (Å²) >= 11 is 0. The van der Waals surface area contributed by atoms with Crippen LogP contribution in [0.15, 0.2) is 66.7 Å². The quantitative estimate of drug-likeness (QED) is 0.752. The summed E-state index contributed by atoms with van der Waals surface area (Å²) < 4.78 is 2.12. The fraction of sp³-hybridized carbons (Fsp3) is 0.100. The summed E-state index contributed by atoms with van der Waals surface area (Å²) in [5, 5.41) is 11.0. The molecule has 2 aromatic carbocycles. The fourth-order valence-electron chi connectivity index (χ4n) is 2.74. The first-order valence-electron chi connectivity index (χ1n) is 7.90. The molecular weight excluding hydrogens is 316 g/mol. The number of nitrogens with zero attached hydrogens (tertiary/aromatic N) is 1. The lowest BCUT2D eigenvalue weighted by Gasteiger charge is -2.13. The Hall–Kier alpha value is -3.34. The number of aliphatic carboxylic acids is 1. The van der Waals surface area contributed by atoms with Gasteiger partial charge in [-0.15, -0.1) is 0 Å². The number of carboxylic acids is 1. The van der Waals surface area contributed by atoms with Crippen molar-refractivity contribution in [3.63, 3.8) is 0 Å². The molecule has 0 aliphatic heterocycles. The number of aromatic nitrogens is 1. The van der Waals surface area contributed by atoms with Crippen LogP contribution in [0.1, 0.15) is 16.1 Å². The van der Waals surface area contributed by atoms with E-state index in [1.165, 1.54) is 0 Å². The number of hydrogen-bond donors (Lipinski definition) is 2. The van der Waals surface area contributed by atoms with E-state index < -0.39 is 18.4 Å². The molecule has 0 saturated heterocycles. The third-order valence-corrected chi connectivity index (χ3v) is 3.93. The molecule has 3 rings (SSSR count). The van der Waals surface area contributed by atoms with Gasteiger partial charge in [0, 0.05) is 16.9 Å². The molecule has 3 aromatic rings.